The topological polar surface area (TPSA) is 129 Å². The van der Waals surface area contributed by atoms with Crippen LogP contribution in [0.4, 0.5) is 35.1 Å². The van der Waals surface area contributed by atoms with Crippen LogP contribution in [0.5, 0.6) is 5.75 Å². The quantitative estimate of drug-likeness (QED) is 0.405. The molecule has 38 heavy (non-hydrogen) atoms. The van der Waals surface area contributed by atoms with Crippen LogP contribution >= 0.6 is 0 Å². The fourth-order valence-electron chi connectivity index (χ4n) is 2.88. The zero-order valence-electron chi connectivity index (χ0n) is 18.6. The molecule has 1 aromatic carbocycles. The highest BCUT2D eigenvalue weighted by atomic mass is 32.2. The van der Waals surface area contributed by atoms with Crippen LogP contribution in [0, 0.1) is 0 Å². The van der Waals surface area contributed by atoms with Gasteiger partial charge in [-0.15, -0.1) is 0 Å². The predicted octanol–water partition coefficient (Wildman–Crippen LogP) is 3.50. The number of halogens is 8. The summed E-state index contributed by atoms with van der Waals surface area (Å²) >= 11 is 0. The highest BCUT2D eigenvalue weighted by molar-refractivity contribution is 7.92. The van der Waals surface area contributed by atoms with E-state index in [4.69, 9.17) is 4.74 Å². The van der Waals surface area contributed by atoms with Gasteiger partial charge in [0.15, 0.2) is 11.6 Å². The Morgan fingerprint density at radius 1 is 1.05 bits per heavy atom. The first kappa shape index (κ1) is 28.7. The Morgan fingerprint density at radius 2 is 1.68 bits per heavy atom. The average Bonchev–Trinajstić information content (AvgIpc) is 3.31. The average molecular weight is 574 g/mol. The maximum Gasteiger partial charge on any atom is 0.501 e. The van der Waals surface area contributed by atoms with E-state index in [-0.39, 0.29) is 35.7 Å². The summed E-state index contributed by atoms with van der Waals surface area (Å²) in [6.07, 6.45) is -4.97. The number of hydrogen-bond donors (Lipinski definition) is 1. The van der Waals surface area contributed by atoms with Gasteiger partial charge in [-0.05, 0) is 25.1 Å². The summed E-state index contributed by atoms with van der Waals surface area (Å²) in [5, 5.41) is 6.01. The number of alkyl halides is 8. The van der Waals surface area contributed by atoms with E-state index < -0.39 is 62.5 Å². The summed E-state index contributed by atoms with van der Waals surface area (Å²) in [4.78, 5) is 22.4. The number of nitrogens with one attached hydrogen (secondary N) is 1. The molecule has 206 valence electrons. The number of amides is 1. The van der Waals surface area contributed by atoms with E-state index in [0.717, 1.165) is 23.4 Å². The number of benzene rings is 1. The lowest BCUT2D eigenvalue weighted by molar-refractivity contribution is -0.137. The zero-order valence-corrected chi connectivity index (χ0v) is 19.4. The van der Waals surface area contributed by atoms with Crippen molar-refractivity contribution in [2.45, 2.75) is 36.0 Å². The third kappa shape index (κ3) is 6.32. The van der Waals surface area contributed by atoms with Crippen LogP contribution in [0.2, 0.25) is 0 Å². The number of ether oxygens (including phenoxy) is 1. The number of hydrogen-bond acceptors (Lipinski definition) is 8. The van der Waals surface area contributed by atoms with Crippen molar-refractivity contribution in [1.82, 2.24) is 30.0 Å². The van der Waals surface area contributed by atoms with Crippen molar-refractivity contribution in [2.24, 2.45) is 0 Å². The van der Waals surface area contributed by atoms with Gasteiger partial charge in [-0.1, -0.05) is 0 Å². The maximum absolute atomic E-state index is 13.2. The summed E-state index contributed by atoms with van der Waals surface area (Å²) in [6, 6.07) is -1.07. The molecule has 3 rings (SSSR count). The van der Waals surface area contributed by atoms with Crippen molar-refractivity contribution in [1.29, 1.82) is 0 Å². The molecule has 1 N–H and O–H groups in total. The number of rotatable bonds is 8. The minimum atomic E-state index is -6.22. The number of aromatic nitrogens is 5. The minimum Gasteiger partial charge on any atom is -0.484 e. The first-order valence-electron chi connectivity index (χ1n) is 9.98. The van der Waals surface area contributed by atoms with Crippen molar-refractivity contribution >= 4 is 15.7 Å². The van der Waals surface area contributed by atoms with Crippen LogP contribution in [0.15, 0.2) is 41.8 Å². The van der Waals surface area contributed by atoms with Crippen LogP contribution in [-0.2, 0) is 16.0 Å². The summed E-state index contributed by atoms with van der Waals surface area (Å²) < 4.78 is 132. The number of sulfone groups is 1. The third-order valence-corrected chi connectivity index (χ3v) is 6.07. The predicted molar refractivity (Wildman–Crippen MR) is 109 cm³/mol. The van der Waals surface area contributed by atoms with E-state index in [0.29, 0.717) is 0 Å². The smallest absolute Gasteiger partial charge is 0.484 e. The lowest BCUT2D eigenvalue weighted by Gasteiger charge is -2.16. The molecule has 1 atom stereocenters. The first-order valence-corrected chi connectivity index (χ1v) is 11.5. The van der Waals surface area contributed by atoms with Crippen molar-refractivity contribution in [2.75, 3.05) is 6.61 Å². The van der Waals surface area contributed by atoms with E-state index in [1.165, 1.54) is 6.92 Å². The summed E-state index contributed by atoms with van der Waals surface area (Å²) in [6.45, 7) is 0.362. The molecule has 1 amide bonds. The molecule has 19 heteroatoms. The van der Waals surface area contributed by atoms with Crippen molar-refractivity contribution in [3.8, 4) is 11.7 Å². The van der Waals surface area contributed by atoms with E-state index in [9.17, 15) is 48.3 Å². The normalized spacial score (nSPS) is 13.4. The van der Waals surface area contributed by atoms with E-state index in [2.05, 4.69) is 25.4 Å². The molecule has 3 aromatic rings. The molecule has 0 bridgehead atoms. The lowest BCUT2D eigenvalue weighted by Crippen LogP contribution is -2.30. The molecular weight excluding hydrogens is 560 g/mol. The van der Waals surface area contributed by atoms with Crippen molar-refractivity contribution in [3.63, 3.8) is 0 Å². The largest absolute Gasteiger partial charge is 0.501 e. The molecule has 0 spiro atoms. The fraction of sp³-hybridized carbons (Fsp3) is 0.316. The van der Waals surface area contributed by atoms with Crippen LogP contribution in [0.3, 0.4) is 0 Å². The van der Waals surface area contributed by atoms with Gasteiger partial charge in [0.1, 0.15) is 12.9 Å². The molecule has 0 saturated heterocycles. The number of carbonyl (C=O) groups is 1. The number of carbonyl (C=O) groups excluding carboxylic acids is 1. The molecule has 0 saturated carbocycles. The van der Waals surface area contributed by atoms with Crippen LogP contribution < -0.4 is 10.1 Å². The van der Waals surface area contributed by atoms with Crippen molar-refractivity contribution in [3.05, 3.63) is 53.9 Å². The monoisotopic (exact) mass is 574 g/mol. The Balaban J connectivity index is 1.89. The Morgan fingerprint density at radius 3 is 2.24 bits per heavy atom. The molecule has 0 radical (unpaired) electrons. The molecular formula is C19H14F8N6O4S. The molecule has 2 heterocycles. The maximum atomic E-state index is 13.2. The van der Waals surface area contributed by atoms with E-state index in [1.54, 1.807) is 0 Å². The Kier molecular flexibility index (Phi) is 7.89. The van der Waals surface area contributed by atoms with Gasteiger partial charge in [-0.3, -0.25) is 4.79 Å². The fourth-order valence-corrected chi connectivity index (χ4v) is 3.71. The molecule has 0 fully saturated rings. The molecule has 0 aliphatic heterocycles. The van der Waals surface area contributed by atoms with Gasteiger partial charge in [0.25, 0.3) is 28.1 Å². The molecule has 0 aliphatic carbocycles. The van der Waals surface area contributed by atoms with Gasteiger partial charge >= 0.3 is 11.7 Å². The van der Waals surface area contributed by atoms with Gasteiger partial charge in [-0.25, -0.2) is 32.2 Å². The summed E-state index contributed by atoms with van der Waals surface area (Å²) in [5.74, 6) is -1.75. The van der Waals surface area contributed by atoms with Crippen LogP contribution in [0.25, 0.3) is 5.95 Å². The standard InChI is InChI=1S/C19H14F8N6O4S/c1-9(15-30-8-31-33(15)17-28-5-12(6-29-17)37-7-14(20)21)32-16(34)10-2-11(18(22,23)24)4-13(3-10)38(35,36)19(25,26)27/h2-6,8-9,14H,7H2,1H3,(H,32,34). The molecule has 2 aromatic heterocycles. The lowest BCUT2D eigenvalue weighted by atomic mass is 10.1. The highest BCUT2D eigenvalue weighted by Gasteiger charge is 2.48. The third-order valence-electron chi connectivity index (χ3n) is 4.60. The second-order valence-electron chi connectivity index (χ2n) is 7.34. The SMILES string of the molecule is CC(NC(=O)c1cc(C(F)(F)F)cc(S(=O)(=O)C(F)(F)F)c1)c1ncnn1-c1ncc(OCC(F)F)cn1. The van der Waals surface area contributed by atoms with Gasteiger partial charge in [0, 0.05) is 5.56 Å². The van der Waals surface area contributed by atoms with Gasteiger partial charge < -0.3 is 10.1 Å². The summed E-state index contributed by atoms with van der Waals surface area (Å²) in [5.41, 5.74) is -8.75. The molecule has 1 unspecified atom stereocenters. The minimum absolute atomic E-state index is 0.102. The Labute approximate surface area is 207 Å². The van der Waals surface area contributed by atoms with E-state index in [1.807, 2.05) is 0 Å². The number of nitrogens with zero attached hydrogens (tertiary/aromatic N) is 5. The summed E-state index contributed by atoms with van der Waals surface area (Å²) in [7, 11) is -6.22. The van der Waals surface area contributed by atoms with E-state index >= 15 is 0 Å². The van der Waals surface area contributed by atoms with Gasteiger partial charge in [0.05, 0.1) is 28.9 Å². The Bertz CT molecular complexity index is 1410. The van der Waals surface area contributed by atoms with Crippen molar-refractivity contribution < 1.29 is 53.1 Å². The van der Waals surface area contributed by atoms with Gasteiger partial charge in [-0.2, -0.15) is 36.1 Å². The second kappa shape index (κ2) is 10.5. The second-order valence-corrected chi connectivity index (χ2v) is 9.28. The highest BCUT2D eigenvalue weighted by Crippen LogP contribution is 2.36. The van der Waals surface area contributed by atoms with Crippen LogP contribution in [-0.4, -0.2) is 57.6 Å². The Hall–Kier alpha value is -3.90. The zero-order chi connectivity index (χ0) is 28.5. The van der Waals surface area contributed by atoms with Crippen LogP contribution in [0.1, 0.15) is 34.7 Å². The first-order chi connectivity index (χ1) is 17.5. The molecule has 0 aliphatic rings. The van der Waals surface area contributed by atoms with Gasteiger partial charge in [0.2, 0.25) is 0 Å². The molecule has 10 nitrogen and oxygen atoms in total.